The Morgan fingerprint density at radius 1 is 1.07 bits per heavy atom. The summed E-state index contributed by atoms with van der Waals surface area (Å²) in [6, 6.07) is 15.0. The third-order valence-corrected chi connectivity index (χ3v) is 5.19. The van der Waals surface area contributed by atoms with Gasteiger partial charge in [-0.3, -0.25) is 9.59 Å². The second-order valence-electron chi connectivity index (χ2n) is 8.04. The van der Waals surface area contributed by atoms with Crippen LogP contribution in [0.3, 0.4) is 0 Å². The summed E-state index contributed by atoms with van der Waals surface area (Å²) in [5.74, 6) is 0.951. The number of nitrogens with zero attached hydrogens (tertiary/aromatic N) is 1. The van der Waals surface area contributed by atoms with Gasteiger partial charge in [0.2, 0.25) is 11.8 Å². The van der Waals surface area contributed by atoms with Gasteiger partial charge in [-0.2, -0.15) is 0 Å². The topological polar surface area (TPSA) is 58.6 Å². The highest BCUT2D eigenvalue weighted by atomic mass is 16.5. The Morgan fingerprint density at radius 3 is 2.30 bits per heavy atom. The van der Waals surface area contributed by atoms with E-state index >= 15 is 0 Å². The van der Waals surface area contributed by atoms with Crippen LogP contribution < -0.4 is 10.1 Å². The zero-order valence-electron chi connectivity index (χ0n) is 18.8. The minimum Gasteiger partial charge on any atom is -0.497 e. The predicted octanol–water partition coefficient (Wildman–Crippen LogP) is 4.13. The van der Waals surface area contributed by atoms with Crippen LogP contribution in [-0.2, 0) is 22.6 Å². The fourth-order valence-corrected chi connectivity index (χ4v) is 3.33. The van der Waals surface area contributed by atoms with Gasteiger partial charge in [0, 0.05) is 13.1 Å². The van der Waals surface area contributed by atoms with Gasteiger partial charge in [-0.05, 0) is 48.1 Å². The van der Waals surface area contributed by atoms with Crippen molar-refractivity contribution in [2.45, 2.75) is 53.1 Å². The molecule has 5 heteroatoms. The van der Waals surface area contributed by atoms with Gasteiger partial charge in [0.1, 0.15) is 11.8 Å². The fourth-order valence-electron chi connectivity index (χ4n) is 3.33. The normalized spacial score (nSPS) is 11.8. The van der Waals surface area contributed by atoms with Gasteiger partial charge in [-0.15, -0.1) is 0 Å². The van der Waals surface area contributed by atoms with Crippen LogP contribution in [0.1, 0.15) is 43.9 Å². The molecule has 2 aromatic carbocycles. The maximum absolute atomic E-state index is 13.3. The quantitative estimate of drug-likeness (QED) is 0.641. The van der Waals surface area contributed by atoms with Crippen LogP contribution in [0.15, 0.2) is 48.5 Å². The van der Waals surface area contributed by atoms with Crippen LogP contribution in [0.5, 0.6) is 5.75 Å². The van der Waals surface area contributed by atoms with E-state index in [1.807, 2.05) is 62.4 Å². The third-order valence-electron chi connectivity index (χ3n) is 5.19. The molecular weight excluding hydrogens is 376 g/mol. The predicted molar refractivity (Wildman–Crippen MR) is 120 cm³/mol. The first-order valence-corrected chi connectivity index (χ1v) is 10.6. The molecule has 0 fully saturated rings. The molecule has 0 heterocycles. The second kappa shape index (κ2) is 11.4. The highest BCUT2D eigenvalue weighted by molar-refractivity contribution is 5.88. The molecule has 0 aromatic heterocycles. The first kappa shape index (κ1) is 23.5. The lowest BCUT2D eigenvalue weighted by molar-refractivity contribution is -0.141. The maximum atomic E-state index is 13.3. The number of aryl methyl sites for hydroxylation is 1. The monoisotopic (exact) mass is 410 g/mol. The van der Waals surface area contributed by atoms with Gasteiger partial charge in [0.15, 0.2) is 0 Å². The molecule has 162 valence electrons. The number of rotatable bonds is 10. The fraction of sp³-hybridized carbons (Fsp3) is 0.440. The summed E-state index contributed by atoms with van der Waals surface area (Å²) in [6.07, 6.45) is 0.800. The highest BCUT2D eigenvalue weighted by Crippen LogP contribution is 2.18. The minimum atomic E-state index is -0.505. The highest BCUT2D eigenvalue weighted by Gasteiger charge is 2.29. The van der Waals surface area contributed by atoms with Crippen molar-refractivity contribution in [3.8, 4) is 5.75 Å². The average molecular weight is 411 g/mol. The number of carbonyl (C=O) groups excluding carboxylic acids is 2. The van der Waals surface area contributed by atoms with E-state index in [0.29, 0.717) is 25.4 Å². The van der Waals surface area contributed by atoms with Crippen LogP contribution in [0.2, 0.25) is 0 Å². The molecule has 0 aliphatic rings. The van der Waals surface area contributed by atoms with Crippen molar-refractivity contribution in [1.29, 1.82) is 0 Å². The molecule has 1 N–H and O–H groups in total. The van der Waals surface area contributed by atoms with Crippen LogP contribution in [0.4, 0.5) is 0 Å². The Balaban J connectivity index is 2.27. The standard InChI is InChI=1S/C25H34N2O3/c1-6-23(25(29)26-16-18(2)3)27(17-21-10-8-7-9-19(21)4)24(28)15-20-11-13-22(30-5)14-12-20/h7-14,18,23H,6,15-17H2,1-5H3,(H,26,29). The molecule has 0 saturated heterocycles. The van der Waals surface area contributed by atoms with Crippen molar-refractivity contribution in [1.82, 2.24) is 10.2 Å². The Hall–Kier alpha value is -2.82. The lowest BCUT2D eigenvalue weighted by Gasteiger charge is -2.31. The lowest BCUT2D eigenvalue weighted by atomic mass is 10.0. The smallest absolute Gasteiger partial charge is 0.242 e. The summed E-state index contributed by atoms with van der Waals surface area (Å²) < 4.78 is 5.20. The molecule has 5 nitrogen and oxygen atoms in total. The summed E-state index contributed by atoms with van der Waals surface area (Å²) in [4.78, 5) is 28.0. The average Bonchev–Trinajstić information content (AvgIpc) is 2.73. The minimum absolute atomic E-state index is 0.0602. The molecular formula is C25H34N2O3. The molecule has 0 aliphatic carbocycles. The van der Waals surface area contributed by atoms with E-state index in [1.165, 1.54) is 0 Å². The van der Waals surface area contributed by atoms with Crippen molar-refractivity contribution in [2.24, 2.45) is 5.92 Å². The number of methoxy groups -OCH3 is 1. The number of ether oxygens (including phenoxy) is 1. The number of carbonyl (C=O) groups is 2. The maximum Gasteiger partial charge on any atom is 0.242 e. The Kier molecular flexibility index (Phi) is 8.90. The van der Waals surface area contributed by atoms with Crippen molar-refractivity contribution < 1.29 is 14.3 Å². The van der Waals surface area contributed by atoms with Gasteiger partial charge in [-0.1, -0.05) is 57.2 Å². The van der Waals surface area contributed by atoms with Crippen molar-refractivity contribution >= 4 is 11.8 Å². The van der Waals surface area contributed by atoms with Gasteiger partial charge < -0.3 is 15.0 Å². The van der Waals surface area contributed by atoms with Crippen LogP contribution in [0.25, 0.3) is 0 Å². The van der Waals surface area contributed by atoms with Gasteiger partial charge >= 0.3 is 0 Å². The van der Waals surface area contributed by atoms with Crippen molar-refractivity contribution in [3.05, 3.63) is 65.2 Å². The Bertz CT molecular complexity index is 831. The van der Waals surface area contributed by atoms with Gasteiger partial charge in [0.25, 0.3) is 0 Å². The Labute approximate surface area is 180 Å². The third kappa shape index (κ3) is 6.61. The molecule has 0 aliphatic heterocycles. The summed E-state index contributed by atoms with van der Waals surface area (Å²) >= 11 is 0. The zero-order valence-corrected chi connectivity index (χ0v) is 18.8. The van der Waals surface area contributed by atoms with Gasteiger partial charge in [-0.25, -0.2) is 0 Å². The first-order chi connectivity index (χ1) is 14.3. The van der Waals surface area contributed by atoms with E-state index in [0.717, 1.165) is 22.4 Å². The van der Waals surface area contributed by atoms with E-state index in [9.17, 15) is 9.59 Å². The summed E-state index contributed by atoms with van der Waals surface area (Å²) in [5, 5.41) is 3.00. The number of amides is 2. The van der Waals surface area contributed by atoms with Crippen molar-refractivity contribution in [3.63, 3.8) is 0 Å². The SMILES string of the molecule is CCC(C(=O)NCC(C)C)N(Cc1ccccc1C)C(=O)Cc1ccc(OC)cc1. The van der Waals surface area contributed by atoms with Gasteiger partial charge in [0.05, 0.1) is 13.5 Å². The number of nitrogens with one attached hydrogen (secondary N) is 1. The Morgan fingerprint density at radius 2 is 1.73 bits per heavy atom. The second-order valence-corrected chi connectivity index (χ2v) is 8.04. The molecule has 0 radical (unpaired) electrons. The summed E-state index contributed by atoms with van der Waals surface area (Å²) in [5.41, 5.74) is 3.06. The molecule has 2 amide bonds. The molecule has 30 heavy (non-hydrogen) atoms. The molecule has 0 spiro atoms. The van der Waals surface area contributed by atoms with E-state index in [4.69, 9.17) is 4.74 Å². The van der Waals surface area contributed by atoms with Crippen LogP contribution >= 0.6 is 0 Å². The lowest BCUT2D eigenvalue weighted by Crippen LogP contribution is -2.50. The summed E-state index contributed by atoms with van der Waals surface area (Å²) in [7, 11) is 1.62. The van der Waals surface area contributed by atoms with Crippen LogP contribution in [0, 0.1) is 12.8 Å². The molecule has 1 unspecified atom stereocenters. The number of hydrogen-bond acceptors (Lipinski definition) is 3. The number of benzene rings is 2. The molecule has 2 rings (SSSR count). The molecule has 1 atom stereocenters. The molecule has 0 saturated carbocycles. The van der Waals surface area contributed by atoms with Crippen molar-refractivity contribution in [2.75, 3.05) is 13.7 Å². The molecule has 0 bridgehead atoms. The largest absolute Gasteiger partial charge is 0.497 e. The van der Waals surface area contributed by atoms with E-state index < -0.39 is 6.04 Å². The van der Waals surface area contributed by atoms with E-state index in [1.54, 1.807) is 12.0 Å². The zero-order chi connectivity index (χ0) is 22.1. The molecule has 2 aromatic rings. The number of hydrogen-bond donors (Lipinski definition) is 1. The first-order valence-electron chi connectivity index (χ1n) is 10.6. The van der Waals surface area contributed by atoms with E-state index in [-0.39, 0.29) is 18.2 Å². The van der Waals surface area contributed by atoms with Crippen LogP contribution in [-0.4, -0.2) is 36.4 Å². The summed E-state index contributed by atoms with van der Waals surface area (Å²) in [6.45, 7) is 9.10. The van der Waals surface area contributed by atoms with E-state index in [2.05, 4.69) is 19.2 Å².